The predicted octanol–water partition coefficient (Wildman–Crippen LogP) is 2.49. The Labute approximate surface area is 145 Å². The van der Waals surface area contributed by atoms with Crippen LogP contribution in [0.15, 0.2) is 48.7 Å². The normalized spacial score (nSPS) is 19.0. The van der Waals surface area contributed by atoms with E-state index in [1.54, 1.807) is 7.11 Å². The zero-order valence-electron chi connectivity index (χ0n) is 14.0. The van der Waals surface area contributed by atoms with Gasteiger partial charge in [-0.2, -0.15) is 0 Å². The number of carbonyl (C=O) groups is 1. The van der Waals surface area contributed by atoms with Gasteiger partial charge in [0.2, 0.25) is 5.91 Å². The van der Waals surface area contributed by atoms with Crippen molar-refractivity contribution in [1.82, 2.24) is 10.3 Å². The van der Waals surface area contributed by atoms with E-state index in [-0.39, 0.29) is 18.4 Å². The molecular formula is C20H20N2O3. The molecule has 0 saturated carbocycles. The smallest absolute Gasteiger partial charge is 0.225 e. The van der Waals surface area contributed by atoms with Crippen LogP contribution in [0.1, 0.15) is 22.7 Å². The van der Waals surface area contributed by atoms with Crippen molar-refractivity contribution < 1.29 is 14.6 Å². The van der Waals surface area contributed by atoms with Gasteiger partial charge in [0.1, 0.15) is 5.75 Å². The number of aliphatic hydroxyl groups is 1. The lowest BCUT2D eigenvalue weighted by Gasteiger charge is -2.18. The lowest BCUT2D eigenvalue weighted by Crippen LogP contribution is -2.34. The molecule has 1 aliphatic carbocycles. The molecule has 1 amide bonds. The number of fused-ring (bicyclic) bond motifs is 2. The summed E-state index contributed by atoms with van der Waals surface area (Å²) in [6.45, 7) is 0. The lowest BCUT2D eigenvalue weighted by molar-refractivity contribution is -0.121. The molecule has 1 aromatic heterocycles. The van der Waals surface area contributed by atoms with E-state index < -0.39 is 6.10 Å². The van der Waals surface area contributed by atoms with E-state index >= 15 is 0 Å². The molecule has 1 heterocycles. The Kier molecular flexibility index (Phi) is 3.93. The summed E-state index contributed by atoms with van der Waals surface area (Å²) in [6.07, 6.45) is 2.09. The second-order valence-electron chi connectivity index (χ2n) is 6.42. The number of ether oxygens (including phenoxy) is 1. The van der Waals surface area contributed by atoms with Gasteiger partial charge >= 0.3 is 0 Å². The van der Waals surface area contributed by atoms with Crippen LogP contribution in [0.2, 0.25) is 0 Å². The predicted molar refractivity (Wildman–Crippen MR) is 95.6 cm³/mol. The fourth-order valence-electron chi connectivity index (χ4n) is 3.58. The van der Waals surface area contributed by atoms with Crippen LogP contribution in [0, 0.1) is 0 Å². The number of rotatable bonds is 4. The van der Waals surface area contributed by atoms with E-state index in [4.69, 9.17) is 4.74 Å². The Morgan fingerprint density at radius 2 is 2.16 bits per heavy atom. The summed E-state index contributed by atoms with van der Waals surface area (Å²) in [4.78, 5) is 15.7. The van der Waals surface area contributed by atoms with Crippen molar-refractivity contribution in [3.63, 3.8) is 0 Å². The van der Waals surface area contributed by atoms with Crippen molar-refractivity contribution in [2.45, 2.75) is 25.0 Å². The third-order valence-electron chi connectivity index (χ3n) is 4.85. The van der Waals surface area contributed by atoms with Gasteiger partial charge in [-0.15, -0.1) is 0 Å². The SMILES string of the molecule is COc1ccc2[nH]cc(CC(=O)NC3c4ccccc4CC3O)c2c1. The zero-order chi connectivity index (χ0) is 17.4. The quantitative estimate of drug-likeness (QED) is 0.685. The number of hydrogen-bond donors (Lipinski definition) is 3. The van der Waals surface area contributed by atoms with Crippen molar-refractivity contribution in [1.29, 1.82) is 0 Å². The molecule has 0 saturated heterocycles. The zero-order valence-corrected chi connectivity index (χ0v) is 14.0. The summed E-state index contributed by atoms with van der Waals surface area (Å²) in [6, 6.07) is 13.2. The van der Waals surface area contributed by atoms with Gasteiger partial charge < -0.3 is 20.1 Å². The van der Waals surface area contributed by atoms with Gasteiger partial charge in [-0.1, -0.05) is 24.3 Å². The summed E-state index contributed by atoms with van der Waals surface area (Å²) < 4.78 is 5.26. The van der Waals surface area contributed by atoms with Crippen molar-refractivity contribution in [3.8, 4) is 5.75 Å². The molecule has 128 valence electrons. The van der Waals surface area contributed by atoms with Gasteiger partial charge in [0.15, 0.2) is 0 Å². The highest BCUT2D eigenvalue weighted by molar-refractivity contribution is 5.90. The number of hydrogen-bond acceptors (Lipinski definition) is 3. The van der Waals surface area contributed by atoms with Crippen LogP contribution in [0.5, 0.6) is 5.75 Å². The first-order chi connectivity index (χ1) is 12.2. The highest BCUT2D eigenvalue weighted by atomic mass is 16.5. The number of carbonyl (C=O) groups excluding carboxylic acids is 1. The van der Waals surface area contributed by atoms with Gasteiger partial charge in [-0.25, -0.2) is 0 Å². The molecule has 0 fully saturated rings. The van der Waals surface area contributed by atoms with Gasteiger partial charge in [-0.05, 0) is 34.9 Å². The Bertz CT molecular complexity index is 932. The fraction of sp³-hybridized carbons (Fsp3) is 0.250. The number of benzene rings is 2. The Morgan fingerprint density at radius 1 is 1.32 bits per heavy atom. The number of aromatic nitrogens is 1. The summed E-state index contributed by atoms with van der Waals surface area (Å²) in [5.74, 6) is 0.651. The highest BCUT2D eigenvalue weighted by Crippen LogP contribution is 2.31. The van der Waals surface area contributed by atoms with Crippen LogP contribution in [-0.4, -0.2) is 29.2 Å². The molecule has 5 nitrogen and oxygen atoms in total. The Hall–Kier alpha value is -2.79. The van der Waals surface area contributed by atoms with Crippen molar-refractivity contribution >= 4 is 16.8 Å². The molecule has 4 rings (SSSR count). The second-order valence-corrected chi connectivity index (χ2v) is 6.42. The lowest BCUT2D eigenvalue weighted by atomic mass is 10.1. The Morgan fingerprint density at radius 3 is 3.00 bits per heavy atom. The Balaban J connectivity index is 1.53. The van der Waals surface area contributed by atoms with Crippen LogP contribution in [-0.2, 0) is 17.6 Å². The number of H-pyrrole nitrogens is 1. The molecule has 0 bridgehead atoms. The summed E-state index contributed by atoms with van der Waals surface area (Å²) in [5.41, 5.74) is 3.98. The van der Waals surface area contributed by atoms with Crippen LogP contribution in [0.3, 0.4) is 0 Å². The first kappa shape index (κ1) is 15.7. The standard InChI is InChI=1S/C20H20N2O3/c1-25-14-6-7-17-16(10-14)13(11-21-17)9-19(24)22-20-15-5-3-2-4-12(15)8-18(20)23/h2-7,10-11,18,20-21,23H,8-9H2,1H3,(H,22,24). The van der Waals surface area contributed by atoms with Gasteiger partial charge in [-0.3, -0.25) is 4.79 Å². The highest BCUT2D eigenvalue weighted by Gasteiger charge is 2.31. The number of aromatic amines is 1. The minimum atomic E-state index is -0.579. The molecule has 0 spiro atoms. The van der Waals surface area contributed by atoms with E-state index in [0.29, 0.717) is 6.42 Å². The third-order valence-corrected chi connectivity index (χ3v) is 4.85. The van der Waals surface area contributed by atoms with E-state index in [0.717, 1.165) is 33.3 Å². The van der Waals surface area contributed by atoms with Crippen molar-refractivity contribution in [2.24, 2.45) is 0 Å². The van der Waals surface area contributed by atoms with E-state index in [1.807, 2.05) is 48.7 Å². The maximum Gasteiger partial charge on any atom is 0.225 e. The summed E-state index contributed by atoms with van der Waals surface area (Å²) in [7, 11) is 1.62. The second kappa shape index (κ2) is 6.26. The molecule has 3 N–H and O–H groups in total. The minimum Gasteiger partial charge on any atom is -0.497 e. The monoisotopic (exact) mass is 336 g/mol. The first-order valence-corrected chi connectivity index (χ1v) is 8.35. The van der Waals surface area contributed by atoms with Crippen molar-refractivity contribution in [2.75, 3.05) is 7.11 Å². The minimum absolute atomic E-state index is 0.107. The maximum atomic E-state index is 12.6. The average molecular weight is 336 g/mol. The summed E-state index contributed by atoms with van der Waals surface area (Å²) in [5, 5.41) is 14.2. The molecule has 3 aromatic rings. The number of amides is 1. The third kappa shape index (κ3) is 2.87. The fourth-order valence-corrected chi connectivity index (χ4v) is 3.58. The maximum absolute atomic E-state index is 12.6. The van der Waals surface area contributed by atoms with Crippen LogP contribution in [0.4, 0.5) is 0 Å². The van der Waals surface area contributed by atoms with Crippen LogP contribution >= 0.6 is 0 Å². The molecule has 2 unspecified atom stereocenters. The van der Waals surface area contributed by atoms with Gasteiger partial charge in [0.05, 0.1) is 25.7 Å². The molecule has 2 aromatic carbocycles. The molecule has 0 radical (unpaired) electrons. The molecule has 1 aliphatic rings. The largest absolute Gasteiger partial charge is 0.497 e. The average Bonchev–Trinajstić information content (AvgIpc) is 3.16. The summed E-state index contributed by atoms with van der Waals surface area (Å²) >= 11 is 0. The van der Waals surface area contributed by atoms with Gasteiger partial charge in [0, 0.05) is 23.5 Å². The van der Waals surface area contributed by atoms with E-state index in [2.05, 4.69) is 10.3 Å². The van der Waals surface area contributed by atoms with Crippen LogP contribution in [0.25, 0.3) is 10.9 Å². The molecule has 5 heteroatoms. The van der Waals surface area contributed by atoms with E-state index in [1.165, 1.54) is 0 Å². The van der Waals surface area contributed by atoms with Crippen LogP contribution < -0.4 is 10.1 Å². The number of aliphatic hydroxyl groups excluding tert-OH is 1. The molecule has 25 heavy (non-hydrogen) atoms. The number of methoxy groups -OCH3 is 1. The van der Waals surface area contributed by atoms with E-state index in [9.17, 15) is 9.90 Å². The van der Waals surface area contributed by atoms with Gasteiger partial charge in [0.25, 0.3) is 0 Å². The topological polar surface area (TPSA) is 74.4 Å². The first-order valence-electron chi connectivity index (χ1n) is 8.35. The molecule has 2 atom stereocenters. The van der Waals surface area contributed by atoms with Crippen molar-refractivity contribution in [3.05, 3.63) is 65.4 Å². The molecule has 0 aliphatic heterocycles. The number of nitrogens with one attached hydrogen (secondary N) is 2. The molecular weight excluding hydrogens is 316 g/mol.